The number of rotatable bonds is 1. The molecule has 1 saturated carbocycles. The minimum absolute atomic E-state index is 0.223. The summed E-state index contributed by atoms with van der Waals surface area (Å²) in [6.45, 7) is 8.82. The van der Waals surface area contributed by atoms with Crippen LogP contribution in [-0.4, -0.2) is 18.0 Å². The van der Waals surface area contributed by atoms with Crippen LogP contribution >= 0.6 is 0 Å². The normalized spacial score (nSPS) is 46.3. The summed E-state index contributed by atoms with van der Waals surface area (Å²) in [5, 5.41) is 0. The summed E-state index contributed by atoms with van der Waals surface area (Å²) in [7, 11) is 0. The lowest BCUT2D eigenvalue weighted by atomic mass is 9.96. The van der Waals surface area contributed by atoms with Crippen LogP contribution in [0.25, 0.3) is 0 Å². The first-order chi connectivity index (χ1) is 6.56. The van der Waals surface area contributed by atoms with Gasteiger partial charge < -0.3 is 9.47 Å². The Morgan fingerprint density at radius 1 is 1.07 bits per heavy atom. The molecule has 0 amide bonds. The van der Waals surface area contributed by atoms with Crippen molar-refractivity contribution in [1.82, 2.24) is 0 Å². The first-order valence-corrected chi connectivity index (χ1v) is 5.92. The van der Waals surface area contributed by atoms with E-state index in [4.69, 9.17) is 9.47 Å². The first kappa shape index (κ1) is 10.4. The van der Waals surface area contributed by atoms with Crippen LogP contribution in [0.3, 0.4) is 0 Å². The Morgan fingerprint density at radius 2 is 1.64 bits per heavy atom. The van der Waals surface area contributed by atoms with Crippen LogP contribution in [-0.2, 0) is 9.47 Å². The molecule has 0 aromatic carbocycles. The molecule has 0 N–H and O–H groups in total. The largest absolute Gasteiger partial charge is 0.344 e. The van der Waals surface area contributed by atoms with Gasteiger partial charge in [-0.1, -0.05) is 20.3 Å². The van der Waals surface area contributed by atoms with Crippen molar-refractivity contribution in [1.29, 1.82) is 0 Å². The lowest BCUT2D eigenvalue weighted by Crippen LogP contribution is -2.27. The van der Waals surface area contributed by atoms with E-state index in [0.29, 0.717) is 0 Å². The molecule has 1 aliphatic heterocycles. The zero-order valence-electron chi connectivity index (χ0n) is 9.75. The summed E-state index contributed by atoms with van der Waals surface area (Å²) < 4.78 is 12.0. The molecule has 1 saturated heterocycles. The average Bonchev–Trinajstić information content (AvgIpc) is 2.55. The second-order valence-electron chi connectivity index (χ2n) is 5.11. The summed E-state index contributed by atoms with van der Waals surface area (Å²) in [6, 6.07) is 0. The molecule has 2 nitrogen and oxygen atoms in total. The zero-order chi connectivity index (χ0) is 10.3. The van der Waals surface area contributed by atoms with Gasteiger partial charge in [-0.05, 0) is 25.7 Å². The second kappa shape index (κ2) is 3.49. The highest BCUT2D eigenvalue weighted by atomic mass is 16.8. The van der Waals surface area contributed by atoms with Crippen molar-refractivity contribution in [3.63, 3.8) is 0 Å². The first-order valence-electron chi connectivity index (χ1n) is 5.92. The lowest BCUT2D eigenvalue weighted by Gasteiger charge is -2.22. The van der Waals surface area contributed by atoms with E-state index in [9.17, 15) is 0 Å². The van der Waals surface area contributed by atoms with Crippen LogP contribution in [0.4, 0.5) is 0 Å². The van der Waals surface area contributed by atoms with E-state index in [-0.39, 0.29) is 18.0 Å². The number of hydrogen-bond donors (Lipinski definition) is 0. The molecule has 14 heavy (non-hydrogen) atoms. The van der Waals surface area contributed by atoms with Crippen molar-refractivity contribution >= 4 is 0 Å². The molecule has 0 radical (unpaired) electrons. The summed E-state index contributed by atoms with van der Waals surface area (Å²) in [5.41, 5.74) is 0. The molecular formula is C12H22O2. The van der Waals surface area contributed by atoms with Gasteiger partial charge in [-0.15, -0.1) is 0 Å². The third kappa shape index (κ3) is 1.59. The Balaban J connectivity index is 2.06. The SMILES string of the molecule is CC[C@@H]1CC2(C[C@H]1C)O[C@H](C)[C@@H](C)O2. The molecule has 82 valence electrons. The predicted molar refractivity (Wildman–Crippen MR) is 56.0 cm³/mol. The van der Waals surface area contributed by atoms with E-state index in [0.717, 1.165) is 24.7 Å². The highest BCUT2D eigenvalue weighted by Crippen LogP contribution is 2.48. The zero-order valence-corrected chi connectivity index (χ0v) is 9.75. The van der Waals surface area contributed by atoms with Crippen LogP contribution in [0.1, 0.15) is 47.0 Å². The smallest absolute Gasteiger partial charge is 0.169 e. The third-order valence-electron chi connectivity index (χ3n) is 4.00. The van der Waals surface area contributed by atoms with E-state index in [2.05, 4.69) is 27.7 Å². The quantitative estimate of drug-likeness (QED) is 0.645. The topological polar surface area (TPSA) is 18.5 Å². The number of ether oxygens (including phenoxy) is 2. The fraction of sp³-hybridized carbons (Fsp3) is 1.00. The predicted octanol–water partition coefficient (Wildman–Crippen LogP) is 2.96. The van der Waals surface area contributed by atoms with Gasteiger partial charge in [-0.2, -0.15) is 0 Å². The third-order valence-corrected chi connectivity index (χ3v) is 4.00. The molecule has 1 heterocycles. The average molecular weight is 198 g/mol. The van der Waals surface area contributed by atoms with Crippen molar-refractivity contribution in [2.45, 2.75) is 65.0 Å². The summed E-state index contributed by atoms with van der Waals surface area (Å²) >= 11 is 0. The molecule has 1 aliphatic carbocycles. The van der Waals surface area contributed by atoms with Gasteiger partial charge in [-0.3, -0.25) is 0 Å². The molecule has 0 aromatic heterocycles. The van der Waals surface area contributed by atoms with Crippen molar-refractivity contribution < 1.29 is 9.47 Å². The summed E-state index contributed by atoms with van der Waals surface area (Å²) in [5.74, 6) is 1.31. The van der Waals surface area contributed by atoms with Crippen molar-refractivity contribution in [3.8, 4) is 0 Å². The Hall–Kier alpha value is -0.0800. The van der Waals surface area contributed by atoms with Gasteiger partial charge in [0.05, 0.1) is 12.2 Å². The van der Waals surface area contributed by atoms with Gasteiger partial charge in [0.1, 0.15) is 0 Å². The maximum atomic E-state index is 6.00. The van der Waals surface area contributed by atoms with Crippen molar-refractivity contribution in [3.05, 3.63) is 0 Å². The maximum Gasteiger partial charge on any atom is 0.169 e. The van der Waals surface area contributed by atoms with Gasteiger partial charge in [0.25, 0.3) is 0 Å². The standard InChI is InChI=1S/C12H22O2/c1-5-11-7-12(6-8(11)2)13-9(3)10(4)14-12/h8-11H,5-7H2,1-4H3/t8-,9-,10-,11-/m1/s1. The Kier molecular flexibility index (Phi) is 2.61. The molecule has 4 atom stereocenters. The van der Waals surface area contributed by atoms with Gasteiger partial charge in [-0.25, -0.2) is 0 Å². The summed E-state index contributed by atoms with van der Waals surface area (Å²) in [4.78, 5) is 0. The van der Waals surface area contributed by atoms with Crippen LogP contribution in [0.5, 0.6) is 0 Å². The van der Waals surface area contributed by atoms with E-state index < -0.39 is 0 Å². The molecule has 2 heteroatoms. The number of hydrogen-bond acceptors (Lipinski definition) is 2. The Morgan fingerprint density at radius 3 is 2.07 bits per heavy atom. The van der Waals surface area contributed by atoms with Gasteiger partial charge >= 0.3 is 0 Å². The van der Waals surface area contributed by atoms with Crippen LogP contribution in [0, 0.1) is 11.8 Å². The molecule has 2 rings (SSSR count). The minimum Gasteiger partial charge on any atom is -0.344 e. The van der Waals surface area contributed by atoms with E-state index >= 15 is 0 Å². The van der Waals surface area contributed by atoms with Crippen molar-refractivity contribution in [2.24, 2.45) is 11.8 Å². The van der Waals surface area contributed by atoms with Crippen molar-refractivity contribution in [2.75, 3.05) is 0 Å². The molecule has 0 unspecified atom stereocenters. The molecule has 1 spiro atoms. The van der Waals surface area contributed by atoms with Crippen LogP contribution in [0.2, 0.25) is 0 Å². The highest BCUT2D eigenvalue weighted by Gasteiger charge is 2.51. The molecule has 0 aromatic rings. The highest BCUT2D eigenvalue weighted by molar-refractivity contribution is 4.92. The van der Waals surface area contributed by atoms with E-state index in [1.54, 1.807) is 0 Å². The van der Waals surface area contributed by atoms with Crippen LogP contribution in [0.15, 0.2) is 0 Å². The molecular weight excluding hydrogens is 176 g/mol. The van der Waals surface area contributed by atoms with Gasteiger partial charge in [0.2, 0.25) is 0 Å². The Labute approximate surface area is 87.0 Å². The lowest BCUT2D eigenvalue weighted by molar-refractivity contribution is -0.170. The Bertz CT molecular complexity index is 204. The van der Waals surface area contributed by atoms with E-state index in [1.165, 1.54) is 6.42 Å². The maximum absolute atomic E-state index is 6.00. The summed E-state index contributed by atoms with van der Waals surface area (Å²) in [6.07, 6.45) is 3.95. The molecule has 0 bridgehead atoms. The van der Waals surface area contributed by atoms with Gasteiger partial charge in [0, 0.05) is 12.8 Å². The van der Waals surface area contributed by atoms with E-state index in [1.807, 2.05) is 0 Å². The second-order valence-corrected chi connectivity index (χ2v) is 5.11. The molecule has 2 aliphatic rings. The fourth-order valence-corrected chi connectivity index (χ4v) is 2.98. The van der Waals surface area contributed by atoms with Crippen LogP contribution < -0.4 is 0 Å². The molecule has 2 fully saturated rings. The van der Waals surface area contributed by atoms with Gasteiger partial charge in [0.15, 0.2) is 5.79 Å². The fourth-order valence-electron chi connectivity index (χ4n) is 2.98. The minimum atomic E-state index is -0.223. The monoisotopic (exact) mass is 198 g/mol.